The van der Waals surface area contributed by atoms with E-state index in [0.29, 0.717) is 5.75 Å². The Morgan fingerprint density at radius 2 is 1.96 bits per heavy atom. The van der Waals surface area contributed by atoms with Crippen molar-refractivity contribution in [2.24, 2.45) is 7.05 Å². The molecule has 3 aromatic rings. The lowest BCUT2D eigenvalue weighted by molar-refractivity contribution is -0.113. The molecule has 6 heteroatoms. The third-order valence-corrected chi connectivity index (χ3v) is 5.47. The van der Waals surface area contributed by atoms with E-state index in [1.807, 2.05) is 66.5 Å². The van der Waals surface area contributed by atoms with E-state index in [-0.39, 0.29) is 5.91 Å². The first kappa shape index (κ1) is 17.6. The van der Waals surface area contributed by atoms with Crippen molar-refractivity contribution in [1.29, 1.82) is 0 Å². The summed E-state index contributed by atoms with van der Waals surface area (Å²) < 4.78 is 2.02. The maximum atomic E-state index is 12.2. The first-order valence-electron chi connectivity index (χ1n) is 7.81. The summed E-state index contributed by atoms with van der Waals surface area (Å²) in [6.07, 6.45) is 3.86. The quantitative estimate of drug-likeness (QED) is 0.648. The zero-order chi connectivity index (χ0) is 17.6. The smallest absolute Gasteiger partial charge is 0.234 e. The van der Waals surface area contributed by atoms with Crippen molar-refractivity contribution in [2.75, 3.05) is 17.3 Å². The van der Waals surface area contributed by atoms with Gasteiger partial charge < -0.3 is 9.88 Å². The lowest BCUT2D eigenvalue weighted by Crippen LogP contribution is -2.14. The van der Waals surface area contributed by atoms with E-state index in [2.05, 4.69) is 22.4 Å². The highest BCUT2D eigenvalue weighted by Gasteiger charge is 2.11. The molecule has 2 aromatic carbocycles. The average molecular weight is 370 g/mol. The van der Waals surface area contributed by atoms with Crippen molar-refractivity contribution in [1.82, 2.24) is 9.55 Å². The van der Waals surface area contributed by atoms with Gasteiger partial charge in [0.05, 0.1) is 17.6 Å². The van der Waals surface area contributed by atoms with Crippen LogP contribution in [-0.4, -0.2) is 27.5 Å². The second-order valence-electron chi connectivity index (χ2n) is 5.42. The molecule has 3 rings (SSSR count). The summed E-state index contributed by atoms with van der Waals surface area (Å²) in [6, 6.07) is 17.9. The number of carbonyl (C=O) groups excluding carboxylic acids is 1. The van der Waals surface area contributed by atoms with E-state index in [1.165, 1.54) is 11.8 Å². The van der Waals surface area contributed by atoms with Crippen LogP contribution in [0.2, 0.25) is 0 Å². The van der Waals surface area contributed by atoms with Gasteiger partial charge in [0, 0.05) is 17.6 Å². The Kier molecular flexibility index (Phi) is 5.83. The van der Waals surface area contributed by atoms with Gasteiger partial charge >= 0.3 is 0 Å². The number of rotatable bonds is 6. The Morgan fingerprint density at radius 3 is 2.72 bits per heavy atom. The van der Waals surface area contributed by atoms with Crippen molar-refractivity contribution in [2.45, 2.75) is 10.1 Å². The molecule has 0 saturated carbocycles. The fourth-order valence-electron chi connectivity index (χ4n) is 2.43. The monoisotopic (exact) mass is 369 g/mol. The van der Waals surface area contributed by atoms with Gasteiger partial charge in [-0.1, -0.05) is 48.2 Å². The SMILES string of the molecule is CSc1cccc(NC(=O)CSc2ncc(-c3ccccc3)n2C)c1. The second kappa shape index (κ2) is 8.27. The van der Waals surface area contributed by atoms with Gasteiger partial charge in [0.15, 0.2) is 5.16 Å². The molecule has 1 amide bonds. The Morgan fingerprint density at radius 1 is 1.16 bits per heavy atom. The summed E-state index contributed by atoms with van der Waals surface area (Å²) in [5.74, 6) is 0.287. The molecular formula is C19H19N3OS2. The normalized spacial score (nSPS) is 10.6. The largest absolute Gasteiger partial charge is 0.325 e. The minimum atomic E-state index is -0.0347. The molecule has 0 bridgehead atoms. The van der Waals surface area contributed by atoms with E-state index < -0.39 is 0 Å². The third-order valence-electron chi connectivity index (χ3n) is 3.70. The van der Waals surface area contributed by atoms with Crippen molar-refractivity contribution < 1.29 is 4.79 Å². The number of carbonyl (C=O) groups is 1. The van der Waals surface area contributed by atoms with Crippen LogP contribution in [0.5, 0.6) is 0 Å². The summed E-state index contributed by atoms with van der Waals surface area (Å²) in [4.78, 5) is 17.8. The molecule has 0 atom stereocenters. The highest BCUT2D eigenvalue weighted by Crippen LogP contribution is 2.25. The summed E-state index contributed by atoms with van der Waals surface area (Å²) in [5.41, 5.74) is 2.97. The zero-order valence-electron chi connectivity index (χ0n) is 14.1. The topological polar surface area (TPSA) is 46.9 Å². The van der Waals surface area contributed by atoms with Crippen molar-refractivity contribution in [3.8, 4) is 11.3 Å². The molecular weight excluding hydrogens is 350 g/mol. The van der Waals surface area contributed by atoms with Crippen LogP contribution in [0.3, 0.4) is 0 Å². The highest BCUT2D eigenvalue weighted by molar-refractivity contribution is 7.99. The lowest BCUT2D eigenvalue weighted by Gasteiger charge is -2.07. The number of benzene rings is 2. The number of hydrogen-bond acceptors (Lipinski definition) is 4. The van der Waals surface area contributed by atoms with Gasteiger partial charge in [-0.15, -0.1) is 11.8 Å². The molecule has 128 valence electrons. The van der Waals surface area contributed by atoms with Crippen molar-refractivity contribution >= 4 is 35.1 Å². The van der Waals surface area contributed by atoms with Gasteiger partial charge in [-0.3, -0.25) is 4.79 Å². The third kappa shape index (κ3) is 4.46. The van der Waals surface area contributed by atoms with Gasteiger partial charge in [0.25, 0.3) is 0 Å². The number of hydrogen-bond donors (Lipinski definition) is 1. The van der Waals surface area contributed by atoms with Crippen LogP contribution < -0.4 is 5.32 Å². The Hall–Kier alpha value is -2.18. The van der Waals surface area contributed by atoms with Gasteiger partial charge in [0.1, 0.15) is 0 Å². The molecule has 1 heterocycles. The fourth-order valence-corrected chi connectivity index (χ4v) is 3.64. The van der Waals surface area contributed by atoms with Gasteiger partial charge in [0.2, 0.25) is 5.91 Å². The molecule has 1 aromatic heterocycles. The minimum absolute atomic E-state index is 0.0347. The standard InChI is InChI=1S/C19H19N3OS2/c1-22-17(14-7-4-3-5-8-14)12-20-19(22)25-13-18(23)21-15-9-6-10-16(11-15)24-2/h3-12H,13H2,1-2H3,(H,21,23). The molecule has 25 heavy (non-hydrogen) atoms. The zero-order valence-corrected chi connectivity index (χ0v) is 15.7. The predicted molar refractivity (Wildman–Crippen MR) is 106 cm³/mol. The molecule has 4 nitrogen and oxygen atoms in total. The van der Waals surface area contributed by atoms with E-state index in [1.54, 1.807) is 11.8 Å². The Bertz CT molecular complexity index is 862. The summed E-state index contributed by atoms with van der Waals surface area (Å²) in [5, 5.41) is 3.76. The number of aromatic nitrogens is 2. The van der Waals surface area contributed by atoms with Crippen LogP contribution in [-0.2, 0) is 11.8 Å². The number of thioether (sulfide) groups is 2. The lowest BCUT2D eigenvalue weighted by atomic mass is 10.2. The molecule has 1 N–H and O–H groups in total. The molecule has 0 unspecified atom stereocenters. The fraction of sp³-hybridized carbons (Fsp3) is 0.158. The van der Waals surface area contributed by atoms with Crippen LogP contribution in [0.4, 0.5) is 5.69 Å². The Labute approximate surface area is 156 Å². The van der Waals surface area contributed by atoms with Crippen LogP contribution in [0.15, 0.2) is 70.8 Å². The first-order chi connectivity index (χ1) is 12.2. The summed E-state index contributed by atoms with van der Waals surface area (Å²) >= 11 is 3.09. The average Bonchev–Trinajstić information content (AvgIpc) is 3.01. The van der Waals surface area contributed by atoms with Gasteiger partial charge in [-0.05, 0) is 30.0 Å². The Balaban J connectivity index is 1.62. The summed E-state index contributed by atoms with van der Waals surface area (Å²) in [7, 11) is 1.97. The minimum Gasteiger partial charge on any atom is -0.325 e. The molecule has 0 fully saturated rings. The molecule has 0 aliphatic heterocycles. The van der Waals surface area contributed by atoms with Gasteiger partial charge in [-0.2, -0.15) is 0 Å². The van der Waals surface area contributed by atoms with E-state index in [9.17, 15) is 4.79 Å². The van der Waals surface area contributed by atoms with Crippen LogP contribution in [0.1, 0.15) is 0 Å². The maximum absolute atomic E-state index is 12.2. The molecule has 0 saturated heterocycles. The molecule has 0 radical (unpaired) electrons. The van der Waals surface area contributed by atoms with E-state index in [0.717, 1.165) is 27.0 Å². The first-order valence-corrected chi connectivity index (χ1v) is 10.0. The van der Waals surface area contributed by atoms with Crippen LogP contribution >= 0.6 is 23.5 Å². The number of nitrogens with zero attached hydrogens (tertiary/aromatic N) is 2. The predicted octanol–water partition coefficient (Wildman–Crippen LogP) is 4.54. The number of amides is 1. The van der Waals surface area contributed by atoms with E-state index in [4.69, 9.17) is 0 Å². The van der Waals surface area contributed by atoms with E-state index >= 15 is 0 Å². The summed E-state index contributed by atoms with van der Waals surface area (Å²) in [6.45, 7) is 0. The van der Waals surface area contributed by atoms with Crippen LogP contribution in [0, 0.1) is 0 Å². The number of nitrogens with one attached hydrogen (secondary N) is 1. The molecule has 0 aliphatic carbocycles. The maximum Gasteiger partial charge on any atom is 0.234 e. The van der Waals surface area contributed by atoms with Crippen molar-refractivity contribution in [3.05, 3.63) is 60.8 Å². The second-order valence-corrected chi connectivity index (χ2v) is 7.24. The molecule has 0 spiro atoms. The number of imidazole rings is 1. The number of anilines is 1. The highest BCUT2D eigenvalue weighted by atomic mass is 32.2. The van der Waals surface area contributed by atoms with Gasteiger partial charge in [-0.25, -0.2) is 4.98 Å². The van der Waals surface area contributed by atoms with Crippen LogP contribution in [0.25, 0.3) is 11.3 Å². The van der Waals surface area contributed by atoms with Crippen molar-refractivity contribution in [3.63, 3.8) is 0 Å². The molecule has 0 aliphatic rings.